The Bertz CT molecular complexity index is 148. The minimum Gasteiger partial charge on any atom is -0.345 e. The van der Waals surface area contributed by atoms with E-state index in [0.717, 1.165) is 19.4 Å². The van der Waals surface area contributed by atoms with Crippen LogP contribution in [0.2, 0.25) is 0 Å². The molecule has 0 aliphatic heterocycles. The molecular weight excluding hydrogens is 230 g/mol. The lowest BCUT2D eigenvalue weighted by molar-refractivity contribution is -0.129. The van der Waals surface area contributed by atoms with Gasteiger partial charge in [0.2, 0.25) is 5.91 Å². The van der Waals surface area contributed by atoms with Crippen LogP contribution in [0.15, 0.2) is 0 Å². The largest absolute Gasteiger partial charge is 0.345 e. The van der Waals surface area contributed by atoms with Crippen LogP contribution >= 0.6 is 15.9 Å². The molecule has 13 heavy (non-hydrogen) atoms. The second-order valence-electron chi connectivity index (χ2n) is 3.51. The number of unbranched alkanes of at least 4 members (excludes halogenated alkanes) is 2. The van der Waals surface area contributed by atoms with Crippen molar-refractivity contribution in [2.45, 2.75) is 44.4 Å². The Hall–Kier alpha value is -0.0500. The minimum atomic E-state index is 0.264. The van der Waals surface area contributed by atoms with E-state index >= 15 is 0 Å². The highest BCUT2D eigenvalue weighted by atomic mass is 79.9. The molecule has 0 saturated carbocycles. The van der Waals surface area contributed by atoms with Gasteiger partial charge in [0.05, 0.1) is 0 Å². The normalized spacial score (nSPS) is 12.6. The molecule has 1 atom stereocenters. The molecule has 0 spiro atoms. The van der Waals surface area contributed by atoms with Crippen LogP contribution in [0.3, 0.4) is 0 Å². The monoisotopic (exact) mass is 249 g/mol. The SMILES string of the molecule is CCCCCC(=O)N(C)CC(C)Br. The number of carbonyl (C=O) groups excluding carboxylic acids is 1. The Balaban J connectivity index is 3.57. The molecule has 0 fully saturated rings. The first-order chi connectivity index (χ1) is 6.07. The average Bonchev–Trinajstić information content (AvgIpc) is 2.03. The molecule has 0 rings (SSSR count). The van der Waals surface area contributed by atoms with Crippen molar-refractivity contribution in [3.63, 3.8) is 0 Å². The summed E-state index contributed by atoms with van der Waals surface area (Å²) in [5.74, 6) is 0.264. The van der Waals surface area contributed by atoms with Crippen molar-refractivity contribution in [1.29, 1.82) is 0 Å². The third-order valence-corrected chi connectivity index (χ3v) is 2.23. The van der Waals surface area contributed by atoms with Gasteiger partial charge in [0.15, 0.2) is 0 Å². The lowest BCUT2D eigenvalue weighted by Crippen LogP contribution is -2.30. The third-order valence-electron chi connectivity index (χ3n) is 1.95. The van der Waals surface area contributed by atoms with E-state index in [9.17, 15) is 4.79 Å². The van der Waals surface area contributed by atoms with E-state index in [1.165, 1.54) is 6.42 Å². The van der Waals surface area contributed by atoms with Crippen molar-refractivity contribution >= 4 is 21.8 Å². The molecule has 0 heterocycles. The van der Waals surface area contributed by atoms with Crippen molar-refractivity contribution in [3.05, 3.63) is 0 Å². The first-order valence-corrected chi connectivity index (χ1v) is 5.87. The van der Waals surface area contributed by atoms with Crippen LogP contribution in [0.4, 0.5) is 0 Å². The summed E-state index contributed by atoms with van der Waals surface area (Å²) in [6.45, 7) is 5.00. The summed E-state index contributed by atoms with van der Waals surface area (Å²) in [5.41, 5.74) is 0. The number of alkyl halides is 1. The smallest absolute Gasteiger partial charge is 0.222 e. The summed E-state index contributed by atoms with van der Waals surface area (Å²) in [6, 6.07) is 0. The summed E-state index contributed by atoms with van der Waals surface area (Å²) in [4.78, 5) is 13.6. The molecule has 0 bridgehead atoms. The minimum absolute atomic E-state index is 0.264. The van der Waals surface area contributed by atoms with Gasteiger partial charge in [0.1, 0.15) is 0 Å². The van der Waals surface area contributed by atoms with Crippen molar-refractivity contribution < 1.29 is 4.79 Å². The van der Waals surface area contributed by atoms with Crippen molar-refractivity contribution in [2.75, 3.05) is 13.6 Å². The van der Waals surface area contributed by atoms with Gasteiger partial charge in [-0.15, -0.1) is 0 Å². The fourth-order valence-electron chi connectivity index (χ4n) is 1.20. The molecule has 0 radical (unpaired) electrons. The Morgan fingerprint density at radius 3 is 2.54 bits per heavy atom. The van der Waals surface area contributed by atoms with E-state index < -0.39 is 0 Å². The predicted molar refractivity (Wildman–Crippen MR) is 60.2 cm³/mol. The zero-order chi connectivity index (χ0) is 10.3. The Kier molecular flexibility index (Phi) is 7.33. The van der Waals surface area contributed by atoms with Gasteiger partial charge < -0.3 is 4.90 Å². The zero-order valence-corrected chi connectivity index (χ0v) is 10.4. The van der Waals surface area contributed by atoms with Crippen LogP contribution in [0.5, 0.6) is 0 Å². The molecule has 0 saturated heterocycles. The van der Waals surface area contributed by atoms with Gasteiger partial charge in [-0.25, -0.2) is 0 Å². The topological polar surface area (TPSA) is 20.3 Å². The molecule has 0 aliphatic carbocycles. The van der Waals surface area contributed by atoms with Crippen LogP contribution in [0.25, 0.3) is 0 Å². The van der Waals surface area contributed by atoms with E-state index in [4.69, 9.17) is 0 Å². The Morgan fingerprint density at radius 2 is 2.08 bits per heavy atom. The van der Waals surface area contributed by atoms with Gasteiger partial charge in [-0.3, -0.25) is 4.79 Å². The van der Waals surface area contributed by atoms with E-state index in [1.54, 1.807) is 4.90 Å². The number of rotatable bonds is 6. The number of hydrogen-bond donors (Lipinski definition) is 0. The molecule has 0 aromatic carbocycles. The molecular formula is C10H20BrNO. The molecule has 3 heteroatoms. The number of hydrogen-bond acceptors (Lipinski definition) is 1. The number of carbonyl (C=O) groups is 1. The Labute approximate surface area is 89.8 Å². The van der Waals surface area contributed by atoms with Crippen LogP contribution in [0.1, 0.15) is 39.5 Å². The number of halogens is 1. The van der Waals surface area contributed by atoms with E-state index in [1.807, 2.05) is 7.05 Å². The molecule has 1 amide bonds. The lowest BCUT2D eigenvalue weighted by Gasteiger charge is -2.18. The maximum atomic E-state index is 11.5. The second-order valence-corrected chi connectivity index (χ2v) is 5.08. The molecule has 78 valence electrons. The van der Waals surface area contributed by atoms with Crippen molar-refractivity contribution in [1.82, 2.24) is 4.90 Å². The van der Waals surface area contributed by atoms with Gasteiger partial charge in [0, 0.05) is 24.8 Å². The predicted octanol–water partition coefficient (Wildman–Crippen LogP) is 2.81. The average molecular weight is 250 g/mol. The van der Waals surface area contributed by atoms with Gasteiger partial charge in [0.25, 0.3) is 0 Å². The van der Waals surface area contributed by atoms with E-state index in [0.29, 0.717) is 11.2 Å². The van der Waals surface area contributed by atoms with Crippen molar-refractivity contribution in [3.8, 4) is 0 Å². The second kappa shape index (κ2) is 7.36. The van der Waals surface area contributed by atoms with Crippen LogP contribution in [-0.4, -0.2) is 29.2 Å². The quantitative estimate of drug-likeness (QED) is 0.524. The molecule has 1 unspecified atom stereocenters. The molecule has 0 aromatic rings. The molecule has 0 aliphatic rings. The third kappa shape index (κ3) is 7.05. The summed E-state index contributed by atoms with van der Waals surface area (Å²) in [5, 5.41) is 0. The van der Waals surface area contributed by atoms with E-state index in [2.05, 4.69) is 29.8 Å². The number of amides is 1. The fourth-order valence-corrected chi connectivity index (χ4v) is 1.63. The summed E-state index contributed by atoms with van der Waals surface area (Å²) in [6.07, 6.45) is 4.05. The summed E-state index contributed by atoms with van der Waals surface area (Å²) in [7, 11) is 1.87. The molecule has 2 nitrogen and oxygen atoms in total. The summed E-state index contributed by atoms with van der Waals surface area (Å²) >= 11 is 3.43. The van der Waals surface area contributed by atoms with Crippen molar-refractivity contribution in [2.24, 2.45) is 0 Å². The maximum absolute atomic E-state index is 11.5. The van der Waals surface area contributed by atoms with Crippen LogP contribution in [0, 0.1) is 0 Å². The Morgan fingerprint density at radius 1 is 1.46 bits per heavy atom. The first-order valence-electron chi connectivity index (χ1n) is 4.96. The molecule has 0 aromatic heterocycles. The van der Waals surface area contributed by atoms with Gasteiger partial charge >= 0.3 is 0 Å². The fraction of sp³-hybridized carbons (Fsp3) is 0.900. The number of nitrogens with zero attached hydrogens (tertiary/aromatic N) is 1. The maximum Gasteiger partial charge on any atom is 0.222 e. The van der Waals surface area contributed by atoms with Gasteiger partial charge in [-0.2, -0.15) is 0 Å². The summed E-state index contributed by atoms with van der Waals surface area (Å²) < 4.78 is 0. The zero-order valence-electron chi connectivity index (χ0n) is 8.85. The van der Waals surface area contributed by atoms with Gasteiger partial charge in [-0.05, 0) is 6.42 Å². The standard InChI is InChI=1S/C10H20BrNO/c1-4-5-6-7-10(13)12(3)8-9(2)11/h9H,4-8H2,1-3H3. The highest BCUT2D eigenvalue weighted by Gasteiger charge is 2.09. The molecule has 0 N–H and O–H groups in total. The first kappa shape index (κ1) is 12.9. The highest BCUT2D eigenvalue weighted by Crippen LogP contribution is 2.05. The highest BCUT2D eigenvalue weighted by molar-refractivity contribution is 9.09. The van der Waals surface area contributed by atoms with Crippen LogP contribution < -0.4 is 0 Å². The van der Waals surface area contributed by atoms with Crippen LogP contribution in [-0.2, 0) is 4.79 Å². The van der Waals surface area contributed by atoms with Gasteiger partial charge in [-0.1, -0.05) is 42.6 Å². The van der Waals surface area contributed by atoms with E-state index in [-0.39, 0.29) is 5.91 Å². The lowest BCUT2D eigenvalue weighted by atomic mass is 10.2.